The molecule has 0 aliphatic heterocycles. The Morgan fingerprint density at radius 3 is 2.35 bits per heavy atom. The fourth-order valence-electron chi connectivity index (χ4n) is 4.64. The third kappa shape index (κ3) is 11.3. The number of halogens is 4. The van der Waals surface area contributed by atoms with Crippen molar-refractivity contribution in [2.24, 2.45) is 0 Å². The van der Waals surface area contributed by atoms with Crippen molar-refractivity contribution in [3.05, 3.63) is 83.7 Å². The van der Waals surface area contributed by atoms with Crippen LogP contribution in [0.1, 0.15) is 67.3 Å². The van der Waals surface area contributed by atoms with Crippen molar-refractivity contribution in [2.75, 3.05) is 12.9 Å². The van der Waals surface area contributed by atoms with E-state index in [9.17, 15) is 35.6 Å². The van der Waals surface area contributed by atoms with Crippen molar-refractivity contribution in [1.82, 2.24) is 5.32 Å². The van der Waals surface area contributed by atoms with Crippen molar-refractivity contribution in [3.63, 3.8) is 0 Å². The average Bonchev–Trinajstić information content (AvgIpc) is 2.89. The molecule has 0 radical (unpaired) electrons. The van der Waals surface area contributed by atoms with Gasteiger partial charge in [-0.3, -0.25) is 13.8 Å². The van der Waals surface area contributed by atoms with Crippen LogP contribution in [-0.2, 0) is 41.2 Å². The zero-order chi connectivity index (χ0) is 32.4. The van der Waals surface area contributed by atoms with E-state index in [-0.39, 0.29) is 24.2 Å². The van der Waals surface area contributed by atoms with Crippen LogP contribution >= 0.6 is 0 Å². The van der Waals surface area contributed by atoms with E-state index in [1.807, 2.05) is 0 Å². The Hall–Kier alpha value is -3.51. The molecule has 2 aromatic carbocycles. The van der Waals surface area contributed by atoms with E-state index in [4.69, 9.17) is 8.92 Å². The molecular formula is C31H37F4NO6S. The Kier molecular flexibility index (Phi) is 13.1. The molecule has 2 rings (SSSR count). The van der Waals surface area contributed by atoms with Crippen molar-refractivity contribution in [2.45, 2.75) is 70.7 Å². The molecule has 43 heavy (non-hydrogen) atoms. The fraction of sp³-hybridized carbons (Fsp3) is 0.419. The van der Waals surface area contributed by atoms with Gasteiger partial charge in [0.1, 0.15) is 5.82 Å². The van der Waals surface area contributed by atoms with Crippen LogP contribution in [0, 0.1) is 12.7 Å². The van der Waals surface area contributed by atoms with E-state index in [1.54, 1.807) is 19.9 Å². The van der Waals surface area contributed by atoms with Crippen LogP contribution in [0.2, 0.25) is 0 Å². The van der Waals surface area contributed by atoms with Gasteiger partial charge >= 0.3 is 12.1 Å². The van der Waals surface area contributed by atoms with Gasteiger partial charge in [-0.1, -0.05) is 12.2 Å². The first-order chi connectivity index (χ1) is 20.1. The maximum atomic E-state index is 14.4. The zero-order valence-electron chi connectivity index (χ0n) is 24.4. The number of esters is 1. The van der Waals surface area contributed by atoms with Crippen molar-refractivity contribution in [3.8, 4) is 11.1 Å². The molecular weight excluding hydrogens is 590 g/mol. The van der Waals surface area contributed by atoms with Gasteiger partial charge in [-0.05, 0) is 97.7 Å². The number of ether oxygens (including phenoxy) is 1. The van der Waals surface area contributed by atoms with Crippen molar-refractivity contribution in [1.29, 1.82) is 0 Å². The lowest BCUT2D eigenvalue weighted by molar-refractivity contribution is -0.144. The third-order valence-corrected chi connectivity index (χ3v) is 7.00. The molecule has 0 heterocycles. The molecule has 1 amide bonds. The number of alkyl halides is 3. The Labute approximate surface area is 250 Å². The van der Waals surface area contributed by atoms with E-state index < -0.39 is 58.1 Å². The number of aryl methyl sites for hydroxylation is 2. The summed E-state index contributed by atoms with van der Waals surface area (Å²) in [7, 11) is -4.10. The first-order valence-electron chi connectivity index (χ1n) is 13.7. The van der Waals surface area contributed by atoms with Crippen LogP contribution in [0.5, 0.6) is 0 Å². The molecule has 0 saturated carbocycles. The SMILES string of the molecule is C=CCCCCc1cc(F)cc(C)c1-c1cc([C@H](CC(=O)OCC)NC(=O)[C@@H](CC=C)OS(C)(=O)=O)cc(C(F)(F)F)c1. The minimum Gasteiger partial charge on any atom is -0.466 e. The van der Waals surface area contributed by atoms with E-state index in [0.29, 0.717) is 29.5 Å². The minimum atomic E-state index is -4.81. The second-order valence-corrected chi connectivity index (χ2v) is 11.6. The highest BCUT2D eigenvalue weighted by atomic mass is 32.2. The summed E-state index contributed by atoms with van der Waals surface area (Å²) in [6.07, 6.45) is -0.949. The zero-order valence-corrected chi connectivity index (χ0v) is 25.2. The Bertz CT molecular complexity index is 1420. The molecule has 1 N–H and O–H groups in total. The minimum absolute atomic E-state index is 0.0202. The molecule has 7 nitrogen and oxygen atoms in total. The van der Waals surface area contributed by atoms with Gasteiger partial charge in [0.25, 0.3) is 16.0 Å². The number of amides is 1. The van der Waals surface area contributed by atoms with Crippen LogP contribution in [0.3, 0.4) is 0 Å². The van der Waals surface area contributed by atoms with Gasteiger partial charge in [0.2, 0.25) is 0 Å². The fourth-order valence-corrected chi connectivity index (χ4v) is 5.23. The second kappa shape index (κ2) is 15.8. The highest BCUT2D eigenvalue weighted by Gasteiger charge is 2.34. The summed E-state index contributed by atoms with van der Waals surface area (Å²) in [4.78, 5) is 25.6. The van der Waals surface area contributed by atoms with E-state index >= 15 is 0 Å². The first-order valence-corrected chi connectivity index (χ1v) is 15.5. The number of nitrogens with one attached hydrogen (secondary N) is 1. The van der Waals surface area contributed by atoms with Gasteiger partial charge in [0.05, 0.1) is 30.9 Å². The van der Waals surface area contributed by atoms with Crippen LogP contribution in [0.4, 0.5) is 17.6 Å². The number of allylic oxidation sites excluding steroid dienone is 1. The maximum Gasteiger partial charge on any atom is 0.416 e. The highest BCUT2D eigenvalue weighted by Crippen LogP contribution is 2.38. The van der Waals surface area contributed by atoms with Gasteiger partial charge in [-0.25, -0.2) is 4.39 Å². The molecule has 0 aliphatic carbocycles. The summed E-state index contributed by atoms with van der Waals surface area (Å²) in [6, 6.07) is 4.29. The lowest BCUT2D eigenvalue weighted by atomic mass is 9.88. The standard InChI is InChI=1S/C31H37F4NO6S/c1-6-9-10-11-13-21-18-25(32)14-20(4)29(21)23-15-22(16-24(17-23)31(33,34)35)26(19-28(37)41-8-3)36-30(38)27(12-7-2)42-43(5,39)40/h6-7,14-18,26-27H,1-2,8-13,19H2,3-5H3,(H,36,38)/t26-,27+/m0/s1. The topological polar surface area (TPSA) is 98.8 Å². The Morgan fingerprint density at radius 2 is 1.77 bits per heavy atom. The predicted molar refractivity (Wildman–Crippen MR) is 156 cm³/mol. The van der Waals surface area contributed by atoms with Gasteiger partial charge in [0, 0.05) is 6.42 Å². The molecule has 2 aromatic rings. The molecule has 0 fully saturated rings. The number of carbonyl (C=O) groups is 2. The lowest BCUT2D eigenvalue weighted by Gasteiger charge is -2.24. The number of hydrogen-bond acceptors (Lipinski definition) is 6. The number of benzene rings is 2. The molecule has 0 unspecified atom stereocenters. The van der Waals surface area contributed by atoms with Gasteiger partial charge in [-0.2, -0.15) is 21.6 Å². The van der Waals surface area contributed by atoms with Gasteiger partial charge < -0.3 is 10.1 Å². The van der Waals surface area contributed by atoms with Gasteiger partial charge in [0.15, 0.2) is 6.10 Å². The first kappa shape index (κ1) is 35.7. The number of unbranched alkanes of at least 4 members (excludes halogenated alkanes) is 2. The molecule has 0 aliphatic rings. The van der Waals surface area contributed by atoms with Crippen molar-refractivity contribution < 1.29 is 44.5 Å². The molecule has 236 valence electrons. The summed E-state index contributed by atoms with van der Waals surface area (Å²) < 4.78 is 90.3. The summed E-state index contributed by atoms with van der Waals surface area (Å²) in [5.41, 5.74) is 0.273. The summed E-state index contributed by atoms with van der Waals surface area (Å²) in [6.45, 7) is 10.3. The van der Waals surface area contributed by atoms with E-state index in [0.717, 1.165) is 31.2 Å². The van der Waals surface area contributed by atoms with Crippen LogP contribution < -0.4 is 5.32 Å². The number of rotatable bonds is 16. The molecule has 0 saturated heterocycles. The molecule has 12 heteroatoms. The molecule has 0 spiro atoms. The number of hydrogen-bond donors (Lipinski definition) is 1. The van der Waals surface area contributed by atoms with Crippen LogP contribution in [0.15, 0.2) is 55.6 Å². The van der Waals surface area contributed by atoms with Crippen LogP contribution in [0.25, 0.3) is 11.1 Å². The quantitative estimate of drug-likeness (QED) is 0.0727. The lowest BCUT2D eigenvalue weighted by Crippen LogP contribution is -2.40. The number of carbonyl (C=O) groups excluding carboxylic acids is 2. The molecule has 2 atom stereocenters. The monoisotopic (exact) mass is 627 g/mol. The van der Waals surface area contributed by atoms with E-state index in [1.165, 1.54) is 24.3 Å². The van der Waals surface area contributed by atoms with E-state index in [2.05, 4.69) is 18.5 Å². The smallest absolute Gasteiger partial charge is 0.416 e. The average molecular weight is 628 g/mol. The Morgan fingerprint density at radius 1 is 1.07 bits per heavy atom. The highest BCUT2D eigenvalue weighted by molar-refractivity contribution is 7.86. The maximum absolute atomic E-state index is 14.4. The normalized spacial score (nSPS) is 13.2. The van der Waals surface area contributed by atoms with Gasteiger partial charge in [-0.15, -0.1) is 13.2 Å². The largest absolute Gasteiger partial charge is 0.466 e. The second-order valence-electron chi connectivity index (χ2n) is 10.0. The third-order valence-electron chi connectivity index (χ3n) is 6.42. The van der Waals surface area contributed by atoms with Crippen LogP contribution in [-0.4, -0.2) is 39.3 Å². The molecule has 0 aromatic heterocycles. The summed E-state index contributed by atoms with van der Waals surface area (Å²) in [5, 5.41) is 2.46. The Balaban J connectivity index is 2.72. The van der Waals surface area contributed by atoms with Crippen molar-refractivity contribution >= 4 is 22.0 Å². The summed E-state index contributed by atoms with van der Waals surface area (Å²) in [5.74, 6) is -2.32. The summed E-state index contributed by atoms with van der Waals surface area (Å²) >= 11 is 0. The molecule has 0 bridgehead atoms. The predicted octanol–water partition coefficient (Wildman–Crippen LogP) is 6.75.